The van der Waals surface area contributed by atoms with Gasteiger partial charge in [-0.1, -0.05) is 44.5 Å². The molecule has 23 heavy (non-hydrogen) atoms. The van der Waals surface area contributed by atoms with E-state index in [0.717, 1.165) is 31.2 Å². The van der Waals surface area contributed by atoms with Crippen LogP contribution in [0.1, 0.15) is 32.4 Å². The molecule has 1 amide bonds. The molecule has 1 heterocycles. The molecule has 0 bridgehead atoms. The number of hydrogen-bond acceptors (Lipinski definition) is 3. The molecule has 0 aliphatic carbocycles. The summed E-state index contributed by atoms with van der Waals surface area (Å²) in [4.78, 5) is 17.0. The lowest BCUT2D eigenvalue weighted by atomic mass is 9.95. The van der Waals surface area contributed by atoms with Crippen LogP contribution in [0, 0.1) is 5.41 Å². The summed E-state index contributed by atoms with van der Waals surface area (Å²) in [6.07, 6.45) is 0. The summed E-state index contributed by atoms with van der Waals surface area (Å²) in [5.74, 6) is 0.0885. The molecule has 1 saturated heterocycles. The maximum absolute atomic E-state index is 12.2. The van der Waals surface area contributed by atoms with Gasteiger partial charge >= 0.3 is 0 Å². The van der Waals surface area contributed by atoms with Crippen molar-refractivity contribution in [3.63, 3.8) is 0 Å². The predicted octanol–water partition coefficient (Wildman–Crippen LogP) is 2.79. The van der Waals surface area contributed by atoms with Gasteiger partial charge in [-0.15, -0.1) is 0 Å². The van der Waals surface area contributed by atoms with Crippen molar-refractivity contribution in [2.75, 3.05) is 39.8 Å². The number of nitrogens with zero attached hydrogens (tertiary/aromatic N) is 2. The van der Waals surface area contributed by atoms with Crippen LogP contribution in [0.2, 0.25) is 5.02 Å². The fraction of sp³-hybridized carbons (Fsp3) is 0.611. The van der Waals surface area contributed by atoms with E-state index in [0.29, 0.717) is 6.54 Å². The van der Waals surface area contributed by atoms with Gasteiger partial charge in [0.15, 0.2) is 0 Å². The number of piperazine rings is 1. The maximum atomic E-state index is 12.2. The van der Waals surface area contributed by atoms with Gasteiger partial charge in [-0.2, -0.15) is 0 Å². The summed E-state index contributed by atoms with van der Waals surface area (Å²) in [5, 5.41) is 3.86. The molecular formula is C18H28ClN3O. The van der Waals surface area contributed by atoms with E-state index in [-0.39, 0.29) is 17.4 Å². The zero-order chi connectivity index (χ0) is 17.0. The van der Waals surface area contributed by atoms with Crippen LogP contribution in [0.4, 0.5) is 0 Å². The first kappa shape index (κ1) is 18.2. The van der Waals surface area contributed by atoms with Gasteiger partial charge in [0.2, 0.25) is 5.91 Å². The molecule has 5 heteroatoms. The second-order valence-corrected chi connectivity index (χ2v) is 7.80. The highest BCUT2D eigenvalue weighted by atomic mass is 35.5. The second-order valence-electron chi connectivity index (χ2n) is 7.37. The lowest BCUT2D eigenvalue weighted by molar-refractivity contribution is -0.128. The first-order chi connectivity index (χ1) is 10.8. The number of halogens is 1. The Hall–Kier alpha value is -1.10. The summed E-state index contributed by atoms with van der Waals surface area (Å²) in [7, 11) is 2.15. The van der Waals surface area contributed by atoms with E-state index >= 15 is 0 Å². The van der Waals surface area contributed by atoms with Crippen LogP contribution in [-0.2, 0) is 4.79 Å². The van der Waals surface area contributed by atoms with Crippen molar-refractivity contribution in [1.29, 1.82) is 0 Å². The number of carbonyl (C=O) groups excluding carboxylic acids is 1. The minimum atomic E-state index is -0.368. The van der Waals surface area contributed by atoms with Gasteiger partial charge in [0.05, 0.1) is 6.04 Å². The Morgan fingerprint density at radius 2 is 1.74 bits per heavy atom. The lowest BCUT2D eigenvalue weighted by Gasteiger charge is -2.38. The summed E-state index contributed by atoms with van der Waals surface area (Å²) in [5.41, 5.74) is 0.834. The molecule has 0 spiro atoms. The van der Waals surface area contributed by atoms with Crippen LogP contribution in [0.5, 0.6) is 0 Å². The average molecular weight is 338 g/mol. The number of carbonyl (C=O) groups is 1. The van der Waals surface area contributed by atoms with Crippen molar-refractivity contribution in [3.05, 3.63) is 34.9 Å². The largest absolute Gasteiger partial charge is 0.354 e. The highest BCUT2D eigenvalue weighted by molar-refractivity contribution is 6.30. The molecule has 1 aliphatic heterocycles. The molecule has 1 aliphatic rings. The minimum absolute atomic E-state index is 0.0885. The highest BCUT2D eigenvalue weighted by Gasteiger charge is 2.27. The summed E-state index contributed by atoms with van der Waals surface area (Å²) in [6, 6.07) is 8.16. The molecular weight excluding hydrogens is 310 g/mol. The van der Waals surface area contributed by atoms with Crippen molar-refractivity contribution in [3.8, 4) is 0 Å². The monoisotopic (exact) mass is 337 g/mol. The van der Waals surface area contributed by atoms with Crippen molar-refractivity contribution in [2.24, 2.45) is 5.41 Å². The van der Waals surface area contributed by atoms with Gasteiger partial charge in [-0.25, -0.2) is 0 Å². The van der Waals surface area contributed by atoms with Gasteiger partial charge in [0, 0.05) is 43.2 Å². The van der Waals surface area contributed by atoms with E-state index in [1.165, 1.54) is 5.56 Å². The third kappa shape index (κ3) is 5.20. The molecule has 1 unspecified atom stereocenters. The number of hydrogen-bond donors (Lipinski definition) is 1. The topological polar surface area (TPSA) is 35.6 Å². The molecule has 1 aromatic rings. The van der Waals surface area contributed by atoms with Crippen molar-refractivity contribution < 1.29 is 4.79 Å². The normalized spacial score (nSPS) is 18.7. The van der Waals surface area contributed by atoms with E-state index in [1.807, 2.05) is 32.9 Å². The Morgan fingerprint density at radius 3 is 2.26 bits per heavy atom. The Morgan fingerprint density at radius 1 is 1.17 bits per heavy atom. The van der Waals surface area contributed by atoms with Gasteiger partial charge in [-0.05, 0) is 24.7 Å². The highest BCUT2D eigenvalue weighted by Crippen LogP contribution is 2.24. The van der Waals surface area contributed by atoms with Crippen LogP contribution in [-0.4, -0.2) is 55.5 Å². The predicted molar refractivity (Wildman–Crippen MR) is 95.7 cm³/mol. The molecule has 1 N–H and O–H groups in total. The first-order valence-corrected chi connectivity index (χ1v) is 8.61. The first-order valence-electron chi connectivity index (χ1n) is 8.24. The second kappa shape index (κ2) is 7.65. The quantitative estimate of drug-likeness (QED) is 0.917. The Kier molecular flexibility index (Phi) is 6.06. The Labute approximate surface area is 144 Å². The summed E-state index contributed by atoms with van der Waals surface area (Å²) in [6.45, 7) is 10.6. The molecule has 0 saturated carbocycles. The van der Waals surface area contributed by atoms with Gasteiger partial charge in [-0.3, -0.25) is 9.69 Å². The molecule has 4 nitrogen and oxygen atoms in total. The van der Waals surface area contributed by atoms with E-state index in [4.69, 9.17) is 11.6 Å². The molecule has 1 aromatic carbocycles. The average Bonchev–Trinajstić information content (AvgIpc) is 2.49. The van der Waals surface area contributed by atoms with E-state index in [1.54, 1.807) is 0 Å². The van der Waals surface area contributed by atoms with Crippen LogP contribution >= 0.6 is 11.6 Å². The number of nitrogens with one attached hydrogen (secondary N) is 1. The van der Waals surface area contributed by atoms with Crippen LogP contribution in [0.25, 0.3) is 0 Å². The van der Waals surface area contributed by atoms with E-state index in [9.17, 15) is 4.79 Å². The summed E-state index contributed by atoms with van der Waals surface area (Å²) < 4.78 is 0. The zero-order valence-corrected chi connectivity index (χ0v) is 15.4. The number of amides is 1. The van der Waals surface area contributed by atoms with Gasteiger partial charge in [0.1, 0.15) is 0 Å². The minimum Gasteiger partial charge on any atom is -0.354 e. The van der Waals surface area contributed by atoms with E-state index in [2.05, 4.69) is 34.3 Å². The Bertz CT molecular complexity index is 516. The van der Waals surface area contributed by atoms with Crippen LogP contribution in [0.15, 0.2) is 24.3 Å². The SMILES string of the molecule is CN1CCN(C(CNC(=O)C(C)(C)C)c2ccc(Cl)cc2)CC1. The number of rotatable bonds is 4. The molecule has 1 fully saturated rings. The van der Waals surface area contributed by atoms with Crippen molar-refractivity contribution in [1.82, 2.24) is 15.1 Å². The molecule has 0 radical (unpaired) electrons. The zero-order valence-electron chi connectivity index (χ0n) is 14.6. The molecule has 128 valence electrons. The lowest BCUT2D eigenvalue weighted by Crippen LogP contribution is -2.49. The maximum Gasteiger partial charge on any atom is 0.225 e. The summed E-state index contributed by atoms with van der Waals surface area (Å²) >= 11 is 6.02. The van der Waals surface area contributed by atoms with E-state index < -0.39 is 0 Å². The molecule has 1 atom stereocenters. The van der Waals surface area contributed by atoms with Gasteiger partial charge in [0.25, 0.3) is 0 Å². The third-order valence-electron chi connectivity index (χ3n) is 4.37. The smallest absolute Gasteiger partial charge is 0.225 e. The Balaban J connectivity index is 2.11. The molecule has 2 rings (SSSR count). The number of benzene rings is 1. The van der Waals surface area contributed by atoms with Crippen molar-refractivity contribution in [2.45, 2.75) is 26.8 Å². The fourth-order valence-electron chi connectivity index (χ4n) is 2.73. The third-order valence-corrected chi connectivity index (χ3v) is 4.62. The number of likely N-dealkylation sites (N-methyl/N-ethyl adjacent to an activating group) is 1. The van der Waals surface area contributed by atoms with Crippen molar-refractivity contribution >= 4 is 17.5 Å². The van der Waals surface area contributed by atoms with Crippen LogP contribution < -0.4 is 5.32 Å². The van der Waals surface area contributed by atoms with Crippen LogP contribution in [0.3, 0.4) is 0 Å². The molecule has 0 aromatic heterocycles. The standard InChI is InChI=1S/C18H28ClN3O/c1-18(2,3)17(23)20-13-16(14-5-7-15(19)8-6-14)22-11-9-21(4)10-12-22/h5-8,16H,9-13H2,1-4H3,(H,20,23). The van der Waals surface area contributed by atoms with Gasteiger partial charge < -0.3 is 10.2 Å². The fourth-order valence-corrected chi connectivity index (χ4v) is 2.86.